The number of hydrogen-bond acceptors (Lipinski definition) is 0. The Bertz CT molecular complexity index is 1010. The van der Waals surface area contributed by atoms with E-state index in [0.717, 1.165) is 0 Å². The predicted octanol–water partition coefficient (Wildman–Crippen LogP) is 8.77. The molecule has 0 radical (unpaired) electrons. The highest BCUT2D eigenvalue weighted by Gasteiger charge is 2.46. The summed E-state index contributed by atoms with van der Waals surface area (Å²) in [5.41, 5.74) is 13.6. The van der Waals surface area contributed by atoms with E-state index in [1.165, 1.54) is 22.3 Å². The molecule has 0 fully saturated rings. The highest BCUT2D eigenvalue weighted by molar-refractivity contribution is 6.81. The van der Waals surface area contributed by atoms with Gasteiger partial charge in [-0.05, 0) is 58.1 Å². The van der Waals surface area contributed by atoms with Crippen molar-refractivity contribution >= 4 is 20.2 Å². The van der Waals surface area contributed by atoms with Gasteiger partial charge in [0, 0.05) is 11.1 Å². The SMILES string of the molecule is CC1=Cc2cc(C(C)(C)C)ccc2C1[Si](C)(C)C1C(C)=Cc2cc(C(C)(C)C)ccc21. The molecule has 0 bridgehead atoms. The summed E-state index contributed by atoms with van der Waals surface area (Å²) in [6, 6.07) is 14.5. The number of benzene rings is 2. The average Bonchev–Trinajstić information content (AvgIpc) is 3.14. The maximum atomic E-state index is 2.62. The van der Waals surface area contributed by atoms with Crippen molar-refractivity contribution in [3.05, 3.63) is 80.9 Å². The van der Waals surface area contributed by atoms with Crippen molar-refractivity contribution in [3.63, 3.8) is 0 Å². The highest BCUT2D eigenvalue weighted by atomic mass is 28.3. The zero-order valence-corrected chi connectivity index (χ0v) is 22.3. The molecule has 0 saturated heterocycles. The number of fused-ring (bicyclic) bond motifs is 2. The second kappa shape index (κ2) is 7.07. The van der Waals surface area contributed by atoms with Gasteiger partial charge in [0.2, 0.25) is 0 Å². The Balaban J connectivity index is 1.77. The molecule has 2 aliphatic rings. The first-order valence-corrected chi connectivity index (χ1v) is 15.0. The molecule has 0 saturated carbocycles. The van der Waals surface area contributed by atoms with Gasteiger partial charge >= 0.3 is 0 Å². The summed E-state index contributed by atoms with van der Waals surface area (Å²) in [7, 11) is -1.73. The first kappa shape index (κ1) is 22.3. The number of allylic oxidation sites excluding steroid dienone is 2. The van der Waals surface area contributed by atoms with Crippen LogP contribution in [0.4, 0.5) is 0 Å². The molecule has 164 valence electrons. The van der Waals surface area contributed by atoms with Crippen molar-refractivity contribution in [2.45, 2.75) is 90.4 Å². The van der Waals surface area contributed by atoms with Crippen LogP contribution < -0.4 is 0 Å². The lowest BCUT2D eigenvalue weighted by Gasteiger charge is -2.39. The van der Waals surface area contributed by atoms with Gasteiger partial charge in [-0.3, -0.25) is 0 Å². The quantitative estimate of drug-likeness (QED) is 0.419. The maximum Gasteiger partial charge on any atom is 0.0722 e. The molecule has 0 N–H and O–H groups in total. The monoisotopic (exact) mass is 428 g/mol. The lowest BCUT2D eigenvalue weighted by molar-refractivity contribution is 0.589. The van der Waals surface area contributed by atoms with E-state index in [4.69, 9.17) is 0 Å². The molecule has 2 atom stereocenters. The van der Waals surface area contributed by atoms with Crippen LogP contribution in [0.25, 0.3) is 12.2 Å². The molecule has 0 spiro atoms. The lowest BCUT2D eigenvalue weighted by Crippen LogP contribution is -2.42. The fourth-order valence-corrected chi connectivity index (χ4v) is 11.1. The van der Waals surface area contributed by atoms with Gasteiger partial charge in [0.25, 0.3) is 0 Å². The Labute approximate surface area is 191 Å². The fraction of sp³-hybridized carbons (Fsp3) is 0.467. The van der Waals surface area contributed by atoms with Crippen LogP contribution in [0.5, 0.6) is 0 Å². The minimum atomic E-state index is -1.73. The van der Waals surface area contributed by atoms with Gasteiger partial charge in [0.1, 0.15) is 0 Å². The van der Waals surface area contributed by atoms with E-state index < -0.39 is 8.07 Å². The minimum absolute atomic E-state index is 0.191. The van der Waals surface area contributed by atoms with Crippen molar-refractivity contribution in [1.82, 2.24) is 0 Å². The smallest absolute Gasteiger partial charge is 0.0679 e. The standard InChI is InChI=1S/C30H40Si/c1-19-15-21-17-23(29(3,4)5)11-13-25(21)27(19)31(9,10)28-20(2)16-22-18-24(30(6,7)8)12-14-26(22)28/h11-18,27-28H,1-10H3. The van der Waals surface area contributed by atoms with Crippen molar-refractivity contribution in [2.24, 2.45) is 0 Å². The van der Waals surface area contributed by atoms with E-state index >= 15 is 0 Å². The van der Waals surface area contributed by atoms with Gasteiger partial charge < -0.3 is 0 Å². The molecule has 1 heteroatoms. The molecule has 0 heterocycles. The van der Waals surface area contributed by atoms with Gasteiger partial charge in [-0.25, -0.2) is 0 Å². The summed E-state index contributed by atoms with van der Waals surface area (Å²) in [5.74, 6) is 0. The third kappa shape index (κ3) is 3.69. The molecular formula is C30H40Si. The van der Waals surface area contributed by atoms with Crippen LogP contribution >= 0.6 is 0 Å². The molecular weight excluding hydrogens is 388 g/mol. The summed E-state index contributed by atoms with van der Waals surface area (Å²) in [6.45, 7) is 23.8. The molecule has 0 amide bonds. The first-order chi connectivity index (χ1) is 14.2. The Morgan fingerprint density at radius 2 is 0.968 bits per heavy atom. The molecule has 2 aliphatic carbocycles. The molecule has 0 aliphatic heterocycles. The predicted molar refractivity (Wildman–Crippen MR) is 141 cm³/mol. The third-order valence-corrected chi connectivity index (χ3v) is 12.2. The van der Waals surface area contributed by atoms with Gasteiger partial charge in [-0.1, -0.05) is 114 Å². The first-order valence-electron chi connectivity index (χ1n) is 11.9. The summed E-state index contributed by atoms with van der Waals surface area (Å²) < 4.78 is 0. The Morgan fingerprint density at radius 1 is 0.613 bits per heavy atom. The van der Waals surface area contributed by atoms with Gasteiger partial charge in [-0.2, -0.15) is 0 Å². The Hall–Kier alpha value is -1.86. The van der Waals surface area contributed by atoms with E-state index in [1.807, 2.05) is 0 Å². The second-order valence-corrected chi connectivity index (χ2v) is 17.4. The van der Waals surface area contributed by atoms with E-state index in [-0.39, 0.29) is 10.8 Å². The Morgan fingerprint density at radius 3 is 1.29 bits per heavy atom. The molecule has 4 rings (SSSR count). The van der Waals surface area contributed by atoms with Crippen molar-refractivity contribution in [2.75, 3.05) is 0 Å². The van der Waals surface area contributed by atoms with E-state index in [0.29, 0.717) is 11.1 Å². The van der Waals surface area contributed by atoms with Crippen LogP contribution in [0.3, 0.4) is 0 Å². The Kier molecular flexibility index (Phi) is 5.09. The van der Waals surface area contributed by atoms with Crippen LogP contribution in [-0.4, -0.2) is 8.07 Å². The second-order valence-electron chi connectivity index (χ2n) is 12.7. The van der Waals surface area contributed by atoms with Crippen LogP contribution in [0.1, 0.15) is 99.9 Å². The van der Waals surface area contributed by atoms with E-state index in [1.54, 1.807) is 22.3 Å². The van der Waals surface area contributed by atoms with E-state index in [2.05, 4.69) is 117 Å². The van der Waals surface area contributed by atoms with Crippen LogP contribution in [0.15, 0.2) is 47.5 Å². The summed E-state index contributed by atoms with van der Waals surface area (Å²) in [4.78, 5) is 0. The molecule has 0 aromatic heterocycles. The molecule has 31 heavy (non-hydrogen) atoms. The zero-order chi connectivity index (χ0) is 22.9. The topological polar surface area (TPSA) is 0 Å². The maximum absolute atomic E-state index is 2.62. The highest BCUT2D eigenvalue weighted by Crippen LogP contribution is 2.52. The largest absolute Gasteiger partial charge is 0.0722 e. The van der Waals surface area contributed by atoms with Crippen molar-refractivity contribution < 1.29 is 0 Å². The van der Waals surface area contributed by atoms with Gasteiger partial charge in [0.05, 0.1) is 8.07 Å². The number of rotatable bonds is 2. The molecule has 2 unspecified atom stereocenters. The van der Waals surface area contributed by atoms with Crippen LogP contribution in [0, 0.1) is 0 Å². The van der Waals surface area contributed by atoms with Crippen molar-refractivity contribution in [3.8, 4) is 0 Å². The van der Waals surface area contributed by atoms with E-state index in [9.17, 15) is 0 Å². The number of hydrogen-bond donors (Lipinski definition) is 0. The zero-order valence-electron chi connectivity index (χ0n) is 21.3. The molecule has 0 nitrogen and oxygen atoms in total. The molecule has 2 aromatic carbocycles. The third-order valence-electron chi connectivity index (χ3n) is 7.69. The minimum Gasteiger partial charge on any atom is -0.0679 e. The van der Waals surface area contributed by atoms with Gasteiger partial charge in [0.15, 0.2) is 0 Å². The normalized spacial score (nSPS) is 21.0. The lowest BCUT2D eigenvalue weighted by atomic mass is 9.85. The van der Waals surface area contributed by atoms with Crippen LogP contribution in [0.2, 0.25) is 13.1 Å². The average molecular weight is 429 g/mol. The van der Waals surface area contributed by atoms with Crippen molar-refractivity contribution in [1.29, 1.82) is 0 Å². The van der Waals surface area contributed by atoms with Crippen LogP contribution in [-0.2, 0) is 10.8 Å². The summed E-state index contributed by atoms with van der Waals surface area (Å²) in [5, 5.41) is 0. The summed E-state index contributed by atoms with van der Waals surface area (Å²) >= 11 is 0. The van der Waals surface area contributed by atoms with Gasteiger partial charge in [-0.15, -0.1) is 0 Å². The fourth-order valence-electron chi connectivity index (χ4n) is 6.15. The summed E-state index contributed by atoms with van der Waals surface area (Å²) in [6.07, 6.45) is 4.95. The molecule has 2 aromatic rings.